The van der Waals surface area contributed by atoms with Gasteiger partial charge in [0.25, 0.3) is 0 Å². The molecule has 0 aliphatic carbocycles. The Morgan fingerprint density at radius 3 is 2.37 bits per heavy atom. The number of benzene rings is 2. The van der Waals surface area contributed by atoms with E-state index >= 15 is 0 Å². The number of nitrogens with two attached hydrogens (primary N) is 1. The van der Waals surface area contributed by atoms with E-state index in [9.17, 15) is 13.2 Å². The van der Waals surface area contributed by atoms with Gasteiger partial charge in [0.15, 0.2) is 0 Å². The normalized spacial score (nSPS) is 11.4. The predicted molar refractivity (Wildman–Crippen MR) is 70.6 cm³/mol. The van der Waals surface area contributed by atoms with Crippen LogP contribution in [0.1, 0.15) is 5.56 Å². The molecule has 2 nitrogen and oxygen atoms in total. The fraction of sp³-hybridized carbons (Fsp3) is 0.0769. The highest BCUT2D eigenvalue weighted by molar-refractivity contribution is 6.33. The van der Waals surface area contributed by atoms with Gasteiger partial charge >= 0.3 is 6.18 Å². The maximum atomic E-state index is 12.5. The molecule has 0 amide bonds. The Hall–Kier alpha value is -1.88. The molecule has 0 saturated carbocycles. The summed E-state index contributed by atoms with van der Waals surface area (Å²) in [4.78, 5) is 0. The Morgan fingerprint density at radius 2 is 1.79 bits per heavy atom. The molecule has 0 atom stereocenters. The Kier molecular flexibility index (Phi) is 3.57. The monoisotopic (exact) mass is 286 g/mol. The zero-order valence-corrected chi connectivity index (χ0v) is 10.4. The highest BCUT2D eigenvalue weighted by atomic mass is 35.5. The lowest BCUT2D eigenvalue weighted by molar-refractivity contribution is -0.137. The van der Waals surface area contributed by atoms with Gasteiger partial charge in [-0.25, -0.2) is 0 Å². The Morgan fingerprint density at radius 1 is 1.05 bits per heavy atom. The second-order valence-corrected chi connectivity index (χ2v) is 4.35. The summed E-state index contributed by atoms with van der Waals surface area (Å²) >= 11 is 5.83. The molecule has 0 unspecified atom stereocenters. The first-order chi connectivity index (χ1) is 8.86. The zero-order chi connectivity index (χ0) is 14.0. The van der Waals surface area contributed by atoms with Crippen LogP contribution in [0.4, 0.5) is 30.2 Å². The molecule has 100 valence electrons. The van der Waals surface area contributed by atoms with Crippen molar-refractivity contribution in [2.45, 2.75) is 6.18 Å². The molecule has 0 fully saturated rings. The number of nitrogens with one attached hydrogen (secondary N) is 1. The van der Waals surface area contributed by atoms with Crippen LogP contribution in [0.5, 0.6) is 0 Å². The van der Waals surface area contributed by atoms with Gasteiger partial charge in [-0.05, 0) is 36.4 Å². The lowest BCUT2D eigenvalue weighted by Crippen LogP contribution is -2.05. The van der Waals surface area contributed by atoms with Gasteiger partial charge in [0.1, 0.15) is 0 Å². The third-order valence-corrected chi connectivity index (χ3v) is 2.77. The Balaban J connectivity index is 2.27. The van der Waals surface area contributed by atoms with Crippen LogP contribution in [-0.2, 0) is 6.18 Å². The molecule has 0 heterocycles. The maximum absolute atomic E-state index is 12.5. The van der Waals surface area contributed by atoms with Crippen molar-refractivity contribution in [1.82, 2.24) is 0 Å². The van der Waals surface area contributed by atoms with Crippen molar-refractivity contribution >= 4 is 28.7 Å². The van der Waals surface area contributed by atoms with Gasteiger partial charge < -0.3 is 11.1 Å². The smallest absolute Gasteiger partial charge is 0.399 e. The van der Waals surface area contributed by atoms with Gasteiger partial charge in [-0.2, -0.15) is 13.2 Å². The van der Waals surface area contributed by atoms with E-state index in [2.05, 4.69) is 5.32 Å². The highest BCUT2D eigenvalue weighted by Crippen LogP contribution is 2.34. The molecule has 3 N–H and O–H groups in total. The molecule has 19 heavy (non-hydrogen) atoms. The summed E-state index contributed by atoms with van der Waals surface area (Å²) in [5.41, 5.74) is 6.42. The minimum absolute atomic E-state index is 0.00255. The molecule has 0 saturated heterocycles. The van der Waals surface area contributed by atoms with Gasteiger partial charge in [0, 0.05) is 11.4 Å². The third kappa shape index (κ3) is 3.32. The fourth-order valence-electron chi connectivity index (χ4n) is 1.56. The molecular formula is C13H10ClF3N2. The first kappa shape index (κ1) is 13.5. The first-order valence-electron chi connectivity index (χ1n) is 5.35. The van der Waals surface area contributed by atoms with Crippen LogP contribution in [-0.4, -0.2) is 0 Å². The van der Waals surface area contributed by atoms with Gasteiger partial charge in [-0.1, -0.05) is 17.7 Å². The van der Waals surface area contributed by atoms with E-state index in [4.69, 9.17) is 17.3 Å². The number of halogens is 4. The van der Waals surface area contributed by atoms with Crippen molar-refractivity contribution in [3.63, 3.8) is 0 Å². The molecule has 0 aliphatic heterocycles. The van der Waals surface area contributed by atoms with Gasteiger partial charge in [-0.15, -0.1) is 0 Å². The van der Waals surface area contributed by atoms with Crippen LogP contribution >= 0.6 is 11.6 Å². The number of nitrogen functional groups attached to an aromatic ring is 1. The average Bonchev–Trinajstić information content (AvgIpc) is 2.30. The molecule has 6 heteroatoms. The minimum Gasteiger partial charge on any atom is -0.399 e. The van der Waals surface area contributed by atoms with E-state index in [-0.39, 0.29) is 5.02 Å². The third-order valence-electron chi connectivity index (χ3n) is 2.46. The van der Waals surface area contributed by atoms with Crippen LogP contribution in [0.3, 0.4) is 0 Å². The minimum atomic E-state index is -4.40. The second-order valence-electron chi connectivity index (χ2n) is 3.94. The Labute approximate surface area is 113 Å². The molecule has 2 rings (SSSR count). The predicted octanol–water partition coefficient (Wildman–Crippen LogP) is 4.68. The van der Waals surface area contributed by atoms with Gasteiger partial charge in [0.2, 0.25) is 0 Å². The topological polar surface area (TPSA) is 38.0 Å². The second kappa shape index (κ2) is 5.01. The SMILES string of the molecule is Nc1cccc(Nc2ccc(C(F)(F)F)cc2Cl)c1. The molecule has 2 aromatic carbocycles. The van der Waals surface area contributed by atoms with E-state index < -0.39 is 11.7 Å². The number of hydrogen-bond acceptors (Lipinski definition) is 2. The summed E-state index contributed by atoms with van der Waals surface area (Å²) in [5, 5.41) is 2.91. The van der Waals surface area contributed by atoms with Crippen molar-refractivity contribution in [2.75, 3.05) is 11.1 Å². The van der Waals surface area contributed by atoms with E-state index in [1.54, 1.807) is 24.3 Å². The van der Waals surface area contributed by atoms with Crippen molar-refractivity contribution < 1.29 is 13.2 Å². The molecular weight excluding hydrogens is 277 g/mol. The molecule has 2 aromatic rings. The van der Waals surface area contributed by atoms with E-state index in [0.717, 1.165) is 12.1 Å². The van der Waals surface area contributed by atoms with Crippen LogP contribution < -0.4 is 11.1 Å². The highest BCUT2D eigenvalue weighted by Gasteiger charge is 2.30. The van der Waals surface area contributed by atoms with Crippen molar-refractivity contribution in [2.24, 2.45) is 0 Å². The fourth-order valence-corrected chi connectivity index (χ4v) is 1.79. The number of alkyl halides is 3. The quantitative estimate of drug-likeness (QED) is 0.786. The van der Waals surface area contributed by atoms with E-state index in [1.165, 1.54) is 6.07 Å². The number of hydrogen-bond donors (Lipinski definition) is 2. The summed E-state index contributed by atoms with van der Waals surface area (Å²) in [6.45, 7) is 0. The lowest BCUT2D eigenvalue weighted by Gasteiger charge is -2.12. The first-order valence-corrected chi connectivity index (χ1v) is 5.73. The van der Waals surface area contributed by atoms with Crippen molar-refractivity contribution in [1.29, 1.82) is 0 Å². The van der Waals surface area contributed by atoms with Crippen LogP contribution in [0.25, 0.3) is 0 Å². The molecule has 0 radical (unpaired) electrons. The summed E-state index contributed by atoms with van der Waals surface area (Å²) in [7, 11) is 0. The van der Waals surface area contributed by atoms with Gasteiger partial charge in [0.05, 0.1) is 16.3 Å². The average molecular weight is 287 g/mol. The van der Waals surface area contributed by atoms with Crippen LogP contribution in [0, 0.1) is 0 Å². The molecule has 0 spiro atoms. The molecule has 0 aliphatic rings. The molecule has 0 bridgehead atoms. The van der Waals surface area contributed by atoms with Crippen LogP contribution in [0.15, 0.2) is 42.5 Å². The summed E-state index contributed by atoms with van der Waals surface area (Å²) in [6.07, 6.45) is -4.40. The van der Waals surface area contributed by atoms with Crippen molar-refractivity contribution in [3.8, 4) is 0 Å². The summed E-state index contributed by atoms with van der Waals surface area (Å²) < 4.78 is 37.5. The maximum Gasteiger partial charge on any atom is 0.416 e. The number of anilines is 3. The largest absolute Gasteiger partial charge is 0.416 e. The van der Waals surface area contributed by atoms with Crippen LogP contribution in [0.2, 0.25) is 5.02 Å². The van der Waals surface area contributed by atoms with E-state index in [0.29, 0.717) is 17.1 Å². The standard InChI is InChI=1S/C13H10ClF3N2/c14-11-6-8(13(15,16)17)4-5-12(11)19-10-3-1-2-9(18)7-10/h1-7,19H,18H2. The number of rotatable bonds is 2. The van der Waals surface area contributed by atoms with E-state index in [1.807, 2.05) is 0 Å². The zero-order valence-electron chi connectivity index (χ0n) is 9.63. The lowest BCUT2D eigenvalue weighted by atomic mass is 10.2. The Bertz CT molecular complexity index is 597. The summed E-state index contributed by atoms with van der Waals surface area (Å²) in [6, 6.07) is 9.98. The summed E-state index contributed by atoms with van der Waals surface area (Å²) in [5.74, 6) is 0. The molecule has 0 aromatic heterocycles. The van der Waals surface area contributed by atoms with Gasteiger partial charge in [-0.3, -0.25) is 0 Å². The van der Waals surface area contributed by atoms with Crippen molar-refractivity contribution in [3.05, 3.63) is 53.1 Å².